The van der Waals surface area contributed by atoms with Crippen LogP contribution in [-0.2, 0) is 0 Å². The highest BCUT2D eigenvalue weighted by molar-refractivity contribution is 5.81. The maximum absolute atomic E-state index is 14.7. The molecule has 1 N–H and O–H groups in total. The number of hydrogen-bond donors (Lipinski definition) is 1. The van der Waals surface area contributed by atoms with Gasteiger partial charge in [-0.05, 0) is 49.2 Å². The van der Waals surface area contributed by atoms with E-state index in [2.05, 4.69) is 15.2 Å². The fourth-order valence-corrected chi connectivity index (χ4v) is 4.66. The fourth-order valence-electron chi connectivity index (χ4n) is 4.66. The highest BCUT2D eigenvalue weighted by atomic mass is 19.1. The Balaban J connectivity index is 1.56. The number of anilines is 1. The number of nitrogens with zero attached hydrogens (tertiary/aromatic N) is 5. The number of hydrogen-bond acceptors (Lipinski definition) is 5. The number of piperidine rings is 2. The Bertz CT molecular complexity index is 1210. The minimum absolute atomic E-state index is 0.303. The molecule has 0 saturated carbocycles. The van der Waals surface area contributed by atoms with E-state index in [1.807, 2.05) is 34.9 Å². The van der Waals surface area contributed by atoms with Gasteiger partial charge in [0.1, 0.15) is 23.0 Å². The SMILES string of the molecule is Fc1ccccc1-c1nc2ccc(N3C[C@@H]4CCC3CN4)nc2n1-c1ccncc1. The molecule has 4 aromatic rings. The van der Waals surface area contributed by atoms with E-state index in [4.69, 9.17) is 9.97 Å². The van der Waals surface area contributed by atoms with Gasteiger partial charge in [0.2, 0.25) is 0 Å². The van der Waals surface area contributed by atoms with Gasteiger partial charge < -0.3 is 10.2 Å². The number of pyridine rings is 2. The van der Waals surface area contributed by atoms with Crippen LogP contribution in [0.5, 0.6) is 0 Å². The third kappa shape index (κ3) is 2.77. The van der Waals surface area contributed by atoms with E-state index >= 15 is 0 Å². The second kappa shape index (κ2) is 6.88. The lowest BCUT2D eigenvalue weighted by Gasteiger charge is -2.46. The zero-order valence-electron chi connectivity index (χ0n) is 16.4. The van der Waals surface area contributed by atoms with Gasteiger partial charge in [-0.2, -0.15) is 0 Å². The lowest BCUT2D eigenvalue weighted by Crippen LogP contribution is -2.61. The van der Waals surface area contributed by atoms with Crippen LogP contribution in [0.2, 0.25) is 0 Å². The Kier molecular flexibility index (Phi) is 4.02. The topological polar surface area (TPSA) is 58.9 Å². The third-order valence-corrected chi connectivity index (χ3v) is 6.17. The van der Waals surface area contributed by atoms with Crippen molar-refractivity contribution in [3.8, 4) is 17.1 Å². The zero-order chi connectivity index (χ0) is 20.1. The number of halogens is 1. The van der Waals surface area contributed by atoms with Crippen molar-refractivity contribution in [2.75, 3.05) is 18.0 Å². The summed E-state index contributed by atoms with van der Waals surface area (Å²) in [5, 5.41) is 3.59. The van der Waals surface area contributed by atoms with Crippen molar-refractivity contribution in [1.82, 2.24) is 24.8 Å². The van der Waals surface area contributed by atoms with Crippen molar-refractivity contribution in [1.29, 1.82) is 0 Å². The second-order valence-corrected chi connectivity index (χ2v) is 7.96. The third-order valence-electron chi connectivity index (χ3n) is 6.17. The van der Waals surface area contributed by atoms with Gasteiger partial charge in [-0.15, -0.1) is 0 Å². The molecule has 0 aliphatic carbocycles. The summed E-state index contributed by atoms with van der Waals surface area (Å²) in [4.78, 5) is 16.3. The molecule has 1 aromatic carbocycles. The molecule has 3 aliphatic rings. The monoisotopic (exact) mass is 400 g/mol. The van der Waals surface area contributed by atoms with Crippen LogP contribution in [0.15, 0.2) is 60.9 Å². The average Bonchev–Trinajstić information content (AvgIpc) is 3.19. The molecule has 0 radical (unpaired) electrons. The number of nitrogens with one attached hydrogen (secondary N) is 1. The quantitative estimate of drug-likeness (QED) is 0.570. The number of benzene rings is 1. The van der Waals surface area contributed by atoms with Gasteiger partial charge in [-0.3, -0.25) is 9.55 Å². The first-order valence-corrected chi connectivity index (χ1v) is 10.3. The minimum atomic E-state index is -0.303. The Morgan fingerprint density at radius 3 is 2.57 bits per heavy atom. The minimum Gasteiger partial charge on any atom is -0.351 e. The molecule has 2 bridgehead atoms. The van der Waals surface area contributed by atoms with Gasteiger partial charge in [0.15, 0.2) is 5.65 Å². The van der Waals surface area contributed by atoms with Crippen LogP contribution >= 0.6 is 0 Å². The van der Waals surface area contributed by atoms with Crippen molar-refractivity contribution in [3.05, 3.63) is 66.7 Å². The first-order valence-electron chi connectivity index (χ1n) is 10.3. The van der Waals surface area contributed by atoms with Gasteiger partial charge in [-0.25, -0.2) is 14.4 Å². The summed E-state index contributed by atoms with van der Waals surface area (Å²) in [6, 6.07) is 15.5. The molecule has 150 valence electrons. The van der Waals surface area contributed by atoms with Crippen molar-refractivity contribution >= 4 is 17.0 Å². The molecule has 6 nitrogen and oxygen atoms in total. The van der Waals surface area contributed by atoms with Crippen LogP contribution in [0.3, 0.4) is 0 Å². The van der Waals surface area contributed by atoms with Crippen LogP contribution in [-0.4, -0.2) is 44.7 Å². The van der Waals surface area contributed by atoms with Gasteiger partial charge in [0.25, 0.3) is 0 Å². The summed E-state index contributed by atoms with van der Waals surface area (Å²) in [6.07, 6.45) is 5.86. The molecular formula is C23H21FN6. The summed E-state index contributed by atoms with van der Waals surface area (Å²) in [7, 11) is 0. The highest BCUT2D eigenvalue weighted by Gasteiger charge is 2.34. The molecule has 7 rings (SSSR count). The first kappa shape index (κ1) is 17.5. The molecule has 3 aliphatic heterocycles. The Labute approximate surface area is 173 Å². The van der Waals surface area contributed by atoms with Crippen LogP contribution in [0.25, 0.3) is 28.2 Å². The smallest absolute Gasteiger partial charge is 0.167 e. The Morgan fingerprint density at radius 1 is 0.967 bits per heavy atom. The van der Waals surface area contributed by atoms with Crippen LogP contribution in [0.4, 0.5) is 10.2 Å². The van der Waals surface area contributed by atoms with Gasteiger partial charge >= 0.3 is 0 Å². The van der Waals surface area contributed by atoms with Crippen molar-refractivity contribution in [3.63, 3.8) is 0 Å². The van der Waals surface area contributed by atoms with Crippen LogP contribution < -0.4 is 10.2 Å². The molecule has 3 saturated heterocycles. The average molecular weight is 400 g/mol. The van der Waals surface area contributed by atoms with Crippen LogP contribution in [0.1, 0.15) is 12.8 Å². The maximum Gasteiger partial charge on any atom is 0.167 e. The van der Waals surface area contributed by atoms with Crippen molar-refractivity contribution < 1.29 is 4.39 Å². The summed E-state index contributed by atoms with van der Waals surface area (Å²) in [5.74, 6) is 1.19. The van der Waals surface area contributed by atoms with E-state index in [0.29, 0.717) is 23.5 Å². The molecule has 30 heavy (non-hydrogen) atoms. The Hall–Kier alpha value is -3.32. The predicted octanol–water partition coefficient (Wildman–Crippen LogP) is 3.56. The zero-order valence-corrected chi connectivity index (χ0v) is 16.4. The molecule has 6 heterocycles. The van der Waals surface area contributed by atoms with E-state index < -0.39 is 0 Å². The van der Waals surface area contributed by atoms with Crippen LogP contribution in [0, 0.1) is 5.82 Å². The number of rotatable bonds is 3. The summed E-state index contributed by atoms with van der Waals surface area (Å²) in [5.41, 5.74) is 2.78. The lowest BCUT2D eigenvalue weighted by molar-refractivity contribution is 0.289. The molecule has 2 atom stereocenters. The number of imidazole rings is 1. The number of piperazine rings is 1. The molecule has 0 amide bonds. The van der Waals surface area contributed by atoms with Gasteiger partial charge in [-0.1, -0.05) is 12.1 Å². The number of fused-ring (bicyclic) bond motifs is 4. The Morgan fingerprint density at radius 2 is 1.83 bits per heavy atom. The molecular weight excluding hydrogens is 379 g/mol. The summed E-state index contributed by atoms with van der Waals surface area (Å²) in [6.45, 7) is 1.96. The molecule has 1 unspecified atom stereocenters. The second-order valence-electron chi connectivity index (χ2n) is 7.96. The molecule has 7 heteroatoms. The number of aromatic nitrogens is 4. The summed E-state index contributed by atoms with van der Waals surface area (Å²) < 4.78 is 16.6. The van der Waals surface area contributed by atoms with Crippen molar-refractivity contribution in [2.24, 2.45) is 0 Å². The highest BCUT2D eigenvalue weighted by Crippen LogP contribution is 2.32. The first-order chi connectivity index (χ1) is 14.8. The van der Waals surface area contributed by atoms with E-state index in [1.54, 1.807) is 24.5 Å². The molecule has 3 fully saturated rings. The van der Waals surface area contributed by atoms with E-state index in [9.17, 15) is 4.39 Å². The lowest BCUT2D eigenvalue weighted by atomic mass is 9.93. The van der Waals surface area contributed by atoms with Gasteiger partial charge in [0, 0.05) is 37.6 Å². The molecule has 0 spiro atoms. The standard InChI is InChI=1S/C23H21FN6/c24-19-4-2-1-3-18(19)22-27-20-7-8-21(29-14-15-5-6-17(29)13-26-15)28-23(20)30(22)16-9-11-25-12-10-16/h1-4,7-12,15,17,26H,5-6,13-14H2/t15-,17?/m0/s1. The predicted molar refractivity (Wildman–Crippen MR) is 114 cm³/mol. The van der Waals surface area contributed by atoms with E-state index in [1.165, 1.54) is 18.9 Å². The summed E-state index contributed by atoms with van der Waals surface area (Å²) >= 11 is 0. The van der Waals surface area contributed by atoms with E-state index in [-0.39, 0.29) is 5.82 Å². The van der Waals surface area contributed by atoms with Gasteiger partial charge in [0.05, 0.1) is 11.3 Å². The fraction of sp³-hybridized carbons (Fsp3) is 0.261. The van der Waals surface area contributed by atoms with E-state index in [0.717, 1.165) is 35.8 Å². The largest absolute Gasteiger partial charge is 0.351 e. The maximum atomic E-state index is 14.7. The molecule has 3 aromatic heterocycles. The normalized spacial score (nSPS) is 20.8. The van der Waals surface area contributed by atoms with Crippen molar-refractivity contribution in [2.45, 2.75) is 24.9 Å².